The highest BCUT2D eigenvalue weighted by Gasteiger charge is 2.21. The number of nitrogens with zero attached hydrogens (tertiary/aromatic N) is 1. The van der Waals surface area contributed by atoms with Crippen LogP contribution >= 0.6 is 0 Å². The largest absolute Gasteiger partial charge is 0.463 e. The second kappa shape index (κ2) is 6.81. The molecule has 5 nitrogen and oxygen atoms in total. The van der Waals surface area contributed by atoms with Crippen LogP contribution in [0.2, 0.25) is 0 Å². The summed E-state index contributed by atoms with van der Waals surface area (Å²) < 4.78 is 5.14. The number of hydrogen-bond donors (Lipinski definition) is 2. The third kappa shape index (κ3) is 4.48. The summed E-state index contributed by atoms with van der Waals surface area (Å²) in [5, 5.41) is 2.96. The lowest BCUT2D eigenvalue weighted by atomic mass is 10.1. The minimum absolute atomic E-state index is 0.118. The number of ether oxygens (including phenoxy) is 1. The van der Waals surface area contributed by atoms with Crippen LogP contribution in [-0.2, 0) is 16.0 Å². The highest BCUT2D eigenvalue weighted by molar-refractivity contribution is 5.90. The van der Waals surface area contributed by atoms with Crippen molar-refractivity contribution >= 4 is 17.6 Å². The molecule has 1 aromatic rings. The summed E-state index contributed by atoms with van der Waals surface area (Å²) in [5.41, 5.74) is 7.60. The maximum Gasteiger partial charge on any atom is 0.282 e. The number of aryl methyl sites for hydroxylation is 1. The molecule has 118 valence electrons. The second-order valence-electron chi connectivity index (χ2n) is 6.20. The number of amidine groups is 1. The van der Waals surface area contributed by atoms with E-state index in [-0.39, 0.29) is 11.9 Å². The number of nitrogens with two attached hydrogens (primary N) is 1. The molecule has 1 aliphatic heterocycles. The molecule has 3 N–H and O–H groups in total. The molecule has 1 amide bonds. The molecule has 1 heterocycles. The summed E-state index contributed by atoms with van der Waals surface area (Å²) in [5.74, 6) is 0.914. The lowest BCUT2D eigenvalue weighted by molar-refractivity contribution is -0.116. The zero-order valence-electron chi connectivity index (χ0n) is 12.8. The van der Waals surface area contributed by atoms with Crippen LogP contribution in [0.5, 0.6) is 0 Å². The summed E-state index contributed by atoms with van der Waals surface area (Å²) >= 11 is 0. The third-order valence-corrected chi connectivity index (χ3v) is 4.21. The van der Waals surface area contributed by atoms with Crippen LogP contribution in [0, 0.1) is 5.92 Å². The van der Waals surface area contributed by atoms with Gasteiger partial charge in [-0.2, -0.15) is 0 Å². The standard InChI is InChI=1S/C17H23N3O2/c18-17-20-15(11-22-17)9-5-13-3-7-14(8-4-13)19-16(21)10-6-12-1-2-12/h3-4,7-8,12,15H,1-2,5-6,9-11H2,(H2,18,20)(H,19,21)/t15-/m0/s1. The molecule has 22 heavy (non-hydrogen) atoms. The van der Waals surface area contributed by atoms with Crippen molar-refractivity contribution < 1.29 is 9.53 Å². The fraction of sp³-hybridized carbons (Fsp3) is 0.529. The summed E-state index contributed by atoms with van der Waals surface area (Å²) in [7, 11) is 0. The van der Waals surface area contributed by atoms with Crippen LogP contribution in [0.3, 0.4) is 0 Å². The molecule has 3 rings (SSSR count). The Morgan fingerprint density at radius 3 is 2.68 bits per heavy atom. The zero-order valence-corrected chi connectivity index (χ0v) is 12.8. The fourth-order valence-corrected chi connectivity index (χ4v) is 2.64. The number of rotatable bonds is 7. The van der Waals surface area contributed by atoms with Crippen LogP contribution in [0.25, 0.3) is 0 Å². The van der Waals surface area contributed by atoms with E-state index in [1.807, 2.05) is 12.1 Å². The summed E-state index contributed by atoms with van der Waals surface area (Å²) in [4.78, 5) is 16.0. The van der Waals surface area contributed by atoms with E-state index in [0.29, 0.717) is 19.0 Å². The minimum atomic E-state index is 0.118. The molecular weight excluding hydrogens is 278 g/mol. The van der Waals surface area contributed by atoms with E-state index in [1.165, 1.54) is 18.4 Å². The Kier molecular flexibility index (Phi) is 4.61. The quantitative estimate of drug-likeness (QED) is 0.812. The van der Waals surface area contributed by atoms with Crippen LogP contribution in [-0.4, -0.2) is 24.6 Å². The number of hydrogen-bond acceptors (Lipinski definition) is 4. The van der Waals surface area contributed by atoms with Gasteiger partial charge in [0.2, 0.25) is 5.91 Å². The molecule has 0 unspecified atom stereocenters. The van der Waals surface area contributed by atoms with Gasteiger partial charge in [-0.05, 0) is 42.9 Å². The molecule has 0 aromatic heterocycles. The van der Waals surface area contributed by atoms with Crippen molar-refractivity contribution in [2.45, 2.75) is 44.6 Å². The molecule has 0 spiro atoms. The van der Waals surface area contributed by atoms with Crippen LogP contribution in [0.15, 0.2) is 29.3 Å². The SMILES string of the molecule is NC1=N[C@@H](CCc2ccc(NC(=O)CCC3CC3)cc2)CO1. The summed E-state index contributed by atoms with van der Waals surface area (Å²) in [6.45, 7) is 0.584. The Hall–Kier alpha value is -2.04. The van der Waals surface area contributed by atoms with Crippen molar-refractivity contribution in [3.05, 3.63) is 29.8 Å². The van der Waals surface area contributed by atoms with E-state index in [0.717, 1.165) is 30.9 Å². The Labute approximate surface area is 130 Å². The van der Waals surface area contributed by atoms with Gasteiger partial charge in [0.25, 0.3) is 6.02 Å². The van der Waals surface area contributed by atoms with Crippen LogP contribution < -0.4 is 11.1 Å². The number of benzene rings is 1. The van der Waals surface area contributed by atoms with Crippen molar-refractivity contribution in [2.75, 3.05) is 11.9 Å². The van der Waals surface area contributed by atoms with Crippen molar-refractivity contribution in [3.8, 4) is 0 Å². The monoisotopic (exact) mass is 301 g/mol. The normalized spacial score (nSPS) is 20.4. The maximum absolute atomic E-state index is 11.8. The van der Waals surface area contributed by atoms with Gasteiger partial charge in [0.15, 0.2) is 0 Å². The topological polar surface area (TPSA) is 76.7 Å². The number of aliphatic imine (C=N–C) groups is 1. The van der Waals surface area contributed by atoms with Gasteiger partial charge in [0, 0.05) is 12.1 Å². The molecule has 0 bridgehead atoms. The highest BCUT2D eigenvalue weighted by Crippen LogP contribution is 2.33. The van der Waals surface area contributed by atoms with Crippen LogP contribution in [0.1, 0.15) is 37.7 Å². The predicted octanol–water partition coefficient (Wildman–Crippen LogP) is 2.46. The average Bonchev–Trinajstić information content (AvgIpc) is 3.26. The molecule has 0 saturated heterocycles. The number of anilines is 1. The Morgan fingerprint density at radius 2 is 2.05 bits per heavy atom. The first kappa shape index (κ1) is 14.9. The number of nitrogens with one attached hydrogen (secondary N) is 1. The zero-order chi connectivity index (χ0) is 15.4. The molecule has 1 atom stereocenters. The summed E-state index contributed by atoms with van der Waals surface area (Å²) in [6.07, 6.45) is 6.10. The lowest BCUT2D eigenvalue weighted by Crippen LogP contribution is -2.11. The highest BCUT2D eigenvalue weighted by atomic mass is 16.5. The fourth-order valence-electron chi connectivity index (χ4n) is 2.64. The van der Waals surface area contributed by atoms with E-state index < -0.39 is 0 Å². The smallest absolute Gasteiger partial charge is 0.282 e. The van der Waals surface area contributed by atoms with E-state index >= 15 is 0 Å². The second-order valence-corrected chi connectivity index (χ2v) is 6.20. The van der Waals surface area contributed by atoms with E-state index in [4.69, 9.17) is 10.5 Å². The van der Waals surface area contributed by atoms with Crippen molar-refractivity contribution in [1.82, 2.24) is 0 Å². The molecule has 2 aliphatic rings. The minimum Gasteiger partial charge on any atom is -0.463 e. The van der Waals surface area contributed by atoms with Crippen molar-refractivity contribution in [2.24, 2.45) is 16.6 Å². The molecule has 0 radical (unpaired) electrons. The van der Waals surface area contributed by atoms with Gasteiger partial charge in [0.05, 0.1) is 6.04 Å². The van der Waals surface area contributed by atoms with E-state index in [1.54, 1.807) is 0 Å². The Morgan fingerprint density at radius 1 is 1.27 bits per heavy atom. The summed E-state index contributed by atoms with van der Waals surface area (Å²) in [6, 6.07) is 8.51. The van der Waals surface area contributed by atoms with Crippen molar-refractivity contribution in [3.63, 3.8) is 0 Å². The first-order chi connectivity index (χ1) is 10.7. The van der Waals surface area contributed by atoms with Gasteiger partial charge < -0.3 is 15.8 Å². The van der Waals surface area contributed by atoms with Gasteiger partial charge in [0.1, 0.15) is 6.61 Å². The first-order valence-corrected chi connectivity index (χ1v) is 8.04. The van der Waals surface area contributed by atoms with Gasteiger partial charge in [-0.1, -0.05) is 25.0 Å². The first-order valence-electron chi connectivity index (χ1n) is 8.04. The average molecular weight is 301 g/mol. The third-order valence-electron chi connectivity index (χ3n) is 4.21. The van der Waals surface area contributed by atoms with Gasteiger partial charge in [-0.15, -0.1) is 0 Å². The predicted molar refractivity (Wildman–Crippen MR) is 86.7 cm³/mol. The van der Waals surface area contributed by atoms with Crippen molar-refractivity contribution in [1.29, 1.82) is 0 Å². The number of amides is 1. The van der Waals surface area contributed by atoms with Crippen LogP contribution in [0.4, 0.5) is 5.69 Å². The molecule has 1 fully saturated rings. The van der Waals surface area contributed by atoms with Gasteiger partial charge in [-0.25, -0.2) is 4.99 Å². The number of carbonyl (C=O) groups is 1. The number of carbonyl (C=O) groups excluding carboxylic acids is 1. The van der Waals surface area contributed by atoms with Gasteiger partial charge in [-0.3, -0.25) is 4.79 Å². The molecular formula is C17H23N3O2. The van der Waals surface area contributed by atoms with E-state index in [9.17, 15) is 4.79 Å². The molecule has 5 heteroatoms. The maximum atomic E-state index is 11.8. The Balaban J connectivity index is 1.42. The molecule has 1 aliphatic carbocycles. The van der Waals surface area contributed by atoms with E-state index in [2.05, 4.69) is 22.4 Å². The Bertz CT molecular complexity index is 550. The van der Waals surface area contributed by atoms with Gasteiger partial charge >= 0.3 is 0 Å². The lowest BCUT2D eigenvalue weighted by Gasteiger charge is -2.08. The molecule has 1 saturated carbocycles. The molecule has 1 aromatic carbocycles.